The second-order valence-corrected chi connectivity index (χ2v) is 9.89. The monoisotopic (exact) mass is 432 g/mol. The van der Waals surface area contributed by atoms with Gasteiger partial charge in [-0.1, -0.05) is 11.3 Å². The molecule has 0 aliphatic carbocycles. The molecule has 1 aromatic carbocycles. The van der Waals surface area contributed by atoms with E-state index in [0.717, 1.165) is 46.3 Å². The molecule has 0 unspecified atom stereocenters. The molecule has 166 valence electrons. The first kappa shape index (κ1) is 20.6. The average molecular weight is 433 g/mol. The van der Waals surface area contributed by atoms with Crippen LogP contribution in [0.15, 0.2) is 36.7 Å². The van der Waals surface area contributed by atoms with Crippen LogP contribution in [0.3, 0.4) is 0 Å². The van der Waals surface area contributed by atoms with E-state index in [1.165, 1.54) is 0 Å². The Bertz CT molecular complexity index is 1240. The van der Waals surface area contributed by atoms with Gasteiger partial charge in [0, 0.05) is 53.5 Å². The minimum Gasteiger partial charge on any atom is -0.473 e. The van der Waals surface area contributed by atoms with Gasteiger partial charge in [-0.2, -0.15) is 5.10 Å². The van der Waals surface area contributed by atoms with E-state index in [0.29, 0.717) is 5.88 Å². The first-order valence-corrected chi connectivity index (χ1v) is 10.8. The number of aromatic amines is 1. The van der Waals surface area contributed by atoms with E-state index in [4.69, 9.17) is 4.74 Å². The Morgan fingerprint density at radius 3 is 2.34 bits per heavy atom. The summed E-state index contributed by atoms with van der Waals surface area (Å²) in [5.74, 6) is 0.546. The van der Waals surface area contributed by atoms with E-state index in [1.807, 2.05) is 37.5 Å². The maximum atomic E-state index is 6.22. The Morgan fingerprint density at radius 1 is 0.938 bits per heavy atom. The Balaban J connectivity index is 1.41. The van der Waals surface area contributed by atoms with Crippen LogP contribution in [0.2, 0.25) is 0 Å². The number of aryl methyl sites for hydroxylation is 1. The lowest BCUT2D eigenvalue weighted by atomic mass is 9.81. The molecule has 32 heavy (non-hydrogen) atoms. The average Bonchev–Trinajstić information content (AvgIpc) is 3.35. The van der Waals surface area contributed by atoms with Crippen molar-refractivity contribution < 1.29 is 4.74 Å². The Hall–Kier alpha value is -3.33. The van der Waals surface area contributed by atoms with E-state index >= 15 is 0 Å². The van der Waals surface area contributed by atoms with Crippen LogP contribution < -0.4 is 10.1 Å². The molecule has 0 atom stereocenters. The summed E-state index contributed by atoms with van der Waals surface area (Å²) in [6.45, 7) is 8.83. The van der Waals surface area contributed by atoms with Gasteiger partial charge in [-0.25, -0.2) is 0 Å². The number of benzene rings is 1. The van der Waals surface area contributed by atoms with Crippen molar-refractivity contribution in [2.75, 3.05) is 0 Å². The van der Waals surface area contributed by atoms with Gasteiger partial charge in [0.15, 0.2) is 0 Å². The first-order valence-electron chi connectivity index (χ1n) is 10.8. The fourth-order valence-corrected chi connectivity index (χ4v) is 4.95. The number of rotatable bonds is 4. The highest BCUT2D eigenvalue weighted by Crippen LogP contribution is 2.34. The second kappa shape index (κ2) is 7.37. The summed E-state index contributed by atoms with van der Waals surface area (Å²) in [5.41, 5.74) is 4.35. The fourth-order valence-electron chi connectivity index (χ4n) is 4.95. The molecule has 9 heteroatoms. The van der Waals surface area contributed by atoms with Crippen LogP contribution in [0.4, 0.5) is 0 Å². The lowest BCUT2D eigenvalue weighted by Gasteiger charge is -2.46. The van der Waals surface area contributed by atoms with Gasteiger partial charge in [-0.15, -0.1) is 15.3 Å². The van der Waals surface area contributed by atoms with Crippen LogP contribution in [0.1, 0.15) is 40.5 Å². The first-order chi connectivity index (χ1) is 15.2. The minimum absolute atomic E-state index is 0.0108. The molecule has 4 heterocycles. The van der Waals surface area contributed by atoms with E-state index in [1.54, 1.807) is 10.9 Å². The lowest BCUT2D eigenvalue weighted by Crippen LogP contribution is -2.60. The standard InChI is InChI=1S/C23H28N8O/c1-22(2)10-14(11-23(3,4)29-22)32-20-9-8-18(25-27-20)16-7-6-15(17-12-24-28-21(16)17)19-13-31(5)30-26-19/h6-9,12-14,29H,10-11H2,1-5H3,(H,24,28). The predicted molar refractivity (Wildman–Crippen MR) is 122 cm³/mol. The van der Waals surface area contributed by atoms with Crippen LogP contribution in [0.25, 0.3) is 33.4 Å². The molecular formula is C23H28N8O. The summed E-state index contributed by atoms with van der Waals surface area (Å²) in [6, 6.07) is 7.86. The number of fused-ring (bicyclic) bond motifs is 1. The van der Waals surface area contributed by atoms with Crippen LogP contribution in [-0.4, -0.2) is 52.6 Å². The molecular weight excluding hydrogens is 404 g/mol. The Morgan fingerprint density at radius 2 is 1.69 bits per heavy atom. The summed E-state index contributed by atoms with van der Waals surface area (Å²) in [4.78, 5) is 0. The zero-order chi connectivity index (χ0) is 22.5. The molecule has 1 aliphatic rings. The van der Waals surface area contributed by atoms with Gasteiger partial charge in [0.25, 0.3) is 0 Å². The number of hydrogen-bond donors (Lipinski definition) is 2. The summed E-state index contributed by atoms with van der Waals surface area (Å²) in [7, 11) is 1.85. The molecule has 0 bridgehead atoms. The van der Waals surface area contributed by atoms with E-state index in [2.05, 4.69) is 63.7 Å². The highest BCUT2D eigenvalue weighted by Gasteiger charge is 2.38. The molecule has 4 aromatic rings. The van der Waals surface area contributed by atoms with E-state index < -0.39 is 0 Å². The van der Waals surface area contributed by atoms with Crippen molar-refractivity contribution in [2.45, 2.75) is 57.7 Å². The van der Waals surface area contributed by atoms with E-state index in [-0.39, 0.29) is 17.2 Å². The summed E-state index contributed by atoms with van der Waals surface area (Å²) in [6.07, 6.45) is 5.61. The van der Waals surface area contributed by atoms with Crippen LogP contribution in [0, 0.1) is 0 Å². The highest BCUT2D eigenvalue weighted by atomic mass is 16.5. The largest absolute Gasteiger partial charge is 0.473 e. The molecule has 2 N–H and O–H groups in total. The third-order valence-electron chi connectivity index (χ3n) is 5.85. The number of hydrogen-bond acceptors (Lipinski definition) is 7. The van der Waals surface area contributed by atoms with E-state index in [9.17, 15) is 0 Å². The Kier molecular flexibility index (Phi) is 4.74. The van der Waals surface area contributed by atoms with Crippen molar-refractivity contribution >= 4 is 10.9 Å². The molecule has 0 spiro atoms. The summed E-state index contributed by atoms with van der Waals surface area (Å²) in [5, 5.41) is 29.1. The maximum absolute atomic E-state index is 6.22. The van der Waals surface area contributed by atoms with Crippen molar-refractivity contribution in [2.24, 2.45) is 7.05 Å². The van der Waals surface area contributed by atoms with Gasteiger partial charge < -0.3 is 10.1 Å². The molecule has 5 rings (SSSR count). The quantitative estimate of drug-likeness (QED) is 0.508. The van der Waals surface area contributed by atoms with Gasteiger partial charge in [-0.05, 0) is 39.8 Å². The van der Waals surface area contributed by atoms with Gasteiger partial charge in [0.05, 0.1) is 23.6 Å². The lowest BCUT2D eigenvalue weighted by molar-refractivity contribution is 0.0524. The van der Waals surface area contributed by atoms with Gasteiger partial charge in [0.2, 0.25) is 5.88 Å². The molecule has 3 aromatic heterocycles. The van der Waals surface area contributed by atoms with Crippen molar-refractivity contribution in [1.82, 2.24) is 40.7 Å². The molecule has 1 saturated heterocycles. The fraction of sp³-hybridized carbons (Fsp3) is 0.435. The highest BCUT2D eigenvalue weighted by molar-refractivity contribution is 6.01. The number of ether oxygens (including phenoxy) is 1. The summed E-state index contributed by atoms with van der Waals surface area (Å²) >= 11 is 0. The number of nitrogens with one attached hydrogen (secondary N) is 2. The number of nitrogens with zero attached hydrogens (tertiary/aromatic N) is 6. The Labute approximate surface area is 186 Å². The topological polar surface area (TPSA) is 106 Å². The normalized spacial score (nSPS) is 18.2. The zero-order valence-corrected chi connectivity index (χ0v) is 19.0. The molecule has 1 aliphatic heterocycles. The number of piperidine rings is 1. The van der Waals surface area contributed by atoms with Crippen molar-refractivity contribution in [1.29, 1.82) is 0 Å². The predicted octanol–water partition coefficient (Wildman–Crippen LogP) is 3.50. The van der Waals surface area contributed by atoms with Gasteiger partial charge in [-0.3, -0.25) is 9.78 Å². The van der Waals surface area contributed by atoms with Crippen LogP contribution >= 0.6 is 0 Å². The van der Waals surface area contributed by atoms with Gasteiger partial charge >= 0.3 is 0 Å². The molecule has 0 saturated carbocycles. The molecule has 0 amide bonds. The van der Waals surface area contributed by atoms with Crippen LogP contribution in [-0.2, 0) is 7.05 Å². The van der Waals surface area contributed by atoms with Gasteiger partial charge in [0.1, 0.15) is 11.8 Å². The second-order valence-electron chi connectivity index (χ2n) is 9.89. The van der Waals surface area contributed by atoms with Crippen LogP contribution in [0.5, 0.6) is 5.88 Å². The zero-order valence-electron chi connectivity index (χ0n) is 19.0. The third kappa shape index (κ3) is 3.95. The third-order valence-corrected chi connectivity index (χ3v) is 5.85. The SMILES string of the molecule is Cn1cc(-c2ccc(-c3ccc(OC4CC(C)(C)NC(C)(C)C4)nn3)c3[nH]ncc23)nn1. The summed E-state index contributed by atoms with van der Waals surface area (Å²) < 4.78 is 7.90. The molecule has 9 nitrogen and oxygen atoms in total. The smallest absolute Gasteiger partial charge is 0.233 e. The van der Waals surface area contributed by atoms with Crippen molar-refractivity contribution in [3.05, 3.63) is 36.7 Å². The number of H-pyrrole nitrogens is 1. The minimum atomic E-state index is 0.0108. The number of aromatic nitrogens is 7. The maximum Gasteiger partial charge on any atom is 0.233 e. The van der Waals surface area contributed by atoms with Crippen molar-refractivity contribution in [3.8, 4) is 28.4 Å². The molecule has 0 radical (unpaired) electrons. The molecule has 1 fully saturated rings. The van der Waals surface area contributed by atoms with Crippen molar-refractivity contribution in [3.63, 3.8) is 0 Å².